The molecule has 1 aromatic carbocycles. The molecule has 0 spiro atoms. The lowest BCUT2D eigenvalue weighted by molar-refractivity contribution is 0.340. The number of hydrogen-bond acceptors (Lipinski definition) is 3. The highest BCUT2D eigenvalue weighted by atomic mass is 16.5. The van der Waals surface area contributed by atoms with Crippen molar-refractivity contribution in [2.75, 3.05) is 12.3 Å². The van der Waals surface area contributed by atoms with Crippen LogP contribution in [-0.4, -0.2) is 16.0 Å². The second-order valence-corrected chi connectivity index (χ2v) is 5.14. The predicted octanol–water partition coefficient (Wildman–Crippen LogP) is 2.03. The molecule has 1 saturated carbocycles. The van der Waals surface area contributed by atoms with Crippen molar-refractivity contribution in [2.24, 2.45) is 7.05 Å². The van der Waals surface area contributed by atoms with E-state index in [0.717, 1.165) is 30.0 Å². The summed E-state index contributed by atoms with van der Waals surface area (Å²) in [6, 6.07) is 7.49. The topological polar surface area (TPSA) is 62.2 Å². The standard InChI is InChI=1S/C15H19N3O2/c1-3-20-12-8-6-11(7-9-12)18-15(19)13(16)14(17(18)2)10-4-5-10/h6-10H,3-5,16H2,1-2H3. The highest BCUT2D eigenvalue weighted by Gasteiger charge is 2.31. The van der Waals surface area contributed by atoms with E-state index in [-0.39, 0.29) is 5.56 Å². The molecule has 0 atom stereocenters. The van der Waals surface area contributed by atoms with Crippen LogP contribution in [0.4, 0.5) is 5.69 Å². The molecule has 2 aromatic rings. The number of aromatic nitrogens is 2. The van der Waals surface area contributed by atoms with Gasteiger partial charge in [-0.15, -0.1) is 0 Å². The van der Waals surface area contributed by atoms with Gasteiger partial charge in [0.15, 0.2) is 0 Å². The fraction of sp³-hybridized carbons (Fsp3) is 0.400. The van der Waals surface area contributed by atoms with Crippen LogP contribution in [0.25, 0.3) is 5.69 Å². The molecule has 0 radical (unpaired) electrons. The van der Waals surface area contributed by atoms with Crippen LogP contribution in [0.15, 0.2) is 29.1 Å². The molecule has 0 bridgehead atoms. The summed E-state index contributed by atoms with van der Waals surface area (Å²) in [6.07, 6.45) is 2.23. The van der Waals surface area contributed by atoms with Gasteiger partial charge in [-0.2, -0.15) is 0 Å². The van der Waals surface area contributed by atoms with Crippen LogP contribution in [0.1, 0.15) is 31.4 Å². The van der Waals surface area contributed by atoms with Crippen LogP contribution < -0.4 is 16.0 Å². The molecule has 1 fully saturated rings. The van der Waals surface area contributed by atoms with Crippen LogP contribution in [0.2, 0.25) is 0 Å². The number of nitrogens with zero attached hydrogens (tertiary/aromatic N) is 2. The van der Waals surface area contributed by atoms with E-state index in [4.69, 9.17) is 10.5 Å². The Morgan fingerprint density at radius 3 is 2.50 bits per heavy atom. The molecular weight excluding hydrogens is 254 g/mol. The molecule has 5 heteroatoms. The van der Waals surface area contributed by atoms with E-state index in [1.165, 1.54) is 0 Å². The normalized spacial score (nSPS) is 14.5. The molecule has 2 N–H and O–H groups in total. The van der Waals surface area contributed by atoms with E-state index < -0.39 is 0 Å². The molecular formula is C15H19N3O2. The lowest BCUT2D eigenvalue weighted by Gasteiger charge is -2.10. The number of benzene rings is 1. The van der Waals surface area contributed by atoms with Crippen molar-refractivity contribution in [1.29, 1.82) is 0 Å². The molecule has 1 heterocycles. The summed E-state index contributed by atoms with van der Waals surface area (Å²) in [4.78, 5) is 12.3. The summed E-state index contributed by atoms with van der Waals surface area (Å²) in [5, 5.41) is 0. The van der Waals surface area contributed by atoms with Crippen molar-refractivity contribution in [3.05, 3.63) is 40.3 Å². The lowest BCUT2D eigenvalue weighted by atomic mass is 10.2. The third-order valence-electron chi connectivity index (χ3n) is 3.70. The summed E-state index contributed by atoms with van der Waals surface area (Å²) >= 11 is 0. The Bertz CT molecular complexity index is 678. The minimum atomic E-state index is -0.140. The van der Waals surface area contributed by atoms with E-state index in [1.54, 1.807) is 4.68 Å². The van der Waals surface area contributed by atoms with Crippen molar-refractivity contribution in [2.45, 2.75) is 25.7 Å². The molecule has 0 aliphatic heterocycles. The van der Waals surface area contributed by atoms with Gasteiger partial charge in [0, 0.05) is 13.0 Å². The van der Waals surface area contributed by atoms with Gasteiger partial charge in [0.1, 0.15) is 11.4 Å². The summed E-state index contributed by atoms with van der Waals surface area (Å²) in [7, 11) is 1.89. The van der Waals surface area contributed by atoms with Gasteiger partial charge in [-0.05, 0) is 44.0 Å². The Kier molecular flexibility index (Phi) is 3.04. The maximum atomic E-state index is 12.3. The number of nitrogens with two attached hydrogens (primary N) is 1. The molecule has 1 aliphatic carbocycles. The summed E-state index contributed by atoms with van der Waals surface area (Å²) < 4.78 is 8.92. The predicted molar refractivity (Wildman–Crippen MR) is 78.6 cm³/mol. The first kappa shape index (κ1) is 12.8. The van der Waals surface area contributed by atoms with Crippen molar-refractivity contribution in [3.8, 4) is 11.4 Å². The number of ether oxygens (including phenoxy) is 1. The highest BCUT2D eigenvalue weighted by Crippen LogP contribution is 2.41. The summed E-state index contributed by atoms with van der Waals surface area (Å²) in [5.74, 6) is 1.24. The number of hydrogen-bond donors (Lipinski definition) is 1. The summed E-state index contributed by atoms with van der Waals surface area (Å²) in [6.45, 7) is 2.57. The Balaban J connectivity index is 2.05. The average molecular weight is 273 g/mol. The Hall–Kier alpha value is -2.17. The molecule has 3 rings (SSSR count). The molecule has 106 valence electrons. The average Bonchev–Trinajstić information content (AvgIpc) is 3.22. The van der Waals surface area contributed by atoms with Gasteiger partial charge in [0.25, 0.3) is 5.56 Å². The van der Waals surface area contributed by atoms with Crippen molar-refractivity contribution in [3.63, 3.8) is 0 Å². The molecule has 20 heavy (non-hydrogen) atoms. The zero-order chi connectivity index (χ0) is 14.3. The zero-order valence-electron chi connectivity index (χ0n) is 11.8. The zero-order valence-corrected chi connectivity index (χ0v) is 11.8. The Morgan fingerprint density at radius 2 is 1.95 bits per heavy atom. The second-order valence-electron chi connectivity index (χ2n) is 5.14. The molecule has 0 amide bonds. The fourth-order valence-corrected chi connectivity index (χ4v) is 2.62. The van der Waals surface area contributed by atoms with Gasteiger partial charge < -0.3 is 10.5 Å². The van der Waals surface area contributed by atoms with Crippen molar-refractivity contribution in [1.82, 2.24) is 9.36 Å². The maximum absolute atomic E-state index is 12.3. The van der Waals surface area contributed by atoms with Gasteiger partial charge in [-0.1, -0.05) is 0 Å². The first-order valence-electron chi connectivity index (χ1n) is 6.94. The third-order valence-corrected chi connectivity index (χ3v) is 3.70. The SMILES string of the molecule is CCOc1ccc(-n2c(=O)c(N)c(C3CC3)n2C)cc1. The van der Waals surface area contributed by atoms with E-state index in [9.17, 15) is 4.79 Å². The van der Waals surface area contributed by atoms with Crippen LogP contribution in [0.5, 0.6) is 5.75 Å². The minimum Gasteiger partial charge on any atom is -0.494 e. The maximum Gasteiger partial charge on any atom is 0.294 e. The lowest BCUT2D eigenvalue weighted by Crippen LogP contribution is -2.20. The fourth-order valence-electron chi connectivity index (χ4n) is 2.62. The molecule has 0 saturated heterocycles. The number of anilines is 1. The monoisotopic (exact) mass is 273 g/mol. The second kappa shape index (κ2) is 4.74. The van der Waals surface area contributed by atoms with E-state index in [2.05, 4.69) is 0 Å². The van der Waals surface area contributed by atoms with Gasteiger partial charge in [0.05, 0.1) is 18.0 Å². The highest BCUT2D eigenvalue weighted by molar-refractivity contribution is 5.49. The molecule has 0 unspecified atom stereocenters. The van der Waals surface area contributed by atoms with E-state index in [0.29, 0.717) is 18.2 Å². The Labute approximate surface area is 117 Å². The van der Waals surface area contributed by atoms with Crippen molar-refractivity contribution < 1.29 is 4.74 Å². The summed E-state index contributed by atoms with van der Waals surface area (Å²) in [5.41, 5.74) is 7.99. The van der Waals surface area contributed by atoms with Crippen LogP contribution in [-0.2, 0) is 7.05 Å². The van der Waals surface area contributed by atoms with E-state index in [1.807, 2.05) is 42.9 Å². The van der Waals surface area contributed by atoms with Gasteiger partial charge in [-0.3, -0.25) is 9.48 Å². The molecule has 5 nitrogen and oxygen atoms in total. The number of nitrogen functional groups attached to an aromatic ring is 1. The van der Waals surface area contributed by atoms with E-state index >= 15 is 0 Å². The minimum absolute atomic E-state index is 0.140. The van der Waals surface area contributed by atoms with Crippen LogP contribution in [0.3, 0.4) is 0 Å². The van der Waals surface area contributed by atoms with Gasteiger partial charge in [-0.25, -0.2) is 4.68 Å². The first-order chi connectivity index (χ1) is 9.63. The molecule has 1 aliphatic rings. The Morgan fingerprint density at radius 1 is 1.30 bits per heavy atom. The van der Waals surface area contributed by atoms with Crippen LogP contribution in [0, 0.1) is 0 Å². The van der Waals surface area contributed by atoms with Crippen LogP contribution >= 0.6 is 0 Å². The van der Waals surface area contributed by atoms with Crippen molar-refractivity contribution >= 4 is 5.69 Å². The third kappa shape index (κ3) is 1.99. The molecule has 1 aromatic heterocycles. The number of rotatable bonds is 4. The largest absolute Gasteiger partial charge is 0.494 e. The smallest absolute Gasteiger partial charge is 0.294 e. The van der Waals surface area contributed by atoms with Gasteiger partial charge in [0.2, 0.25) is 0 Å². The first-order valence-corrected chi connectivity index (χ1v) is 6.94. The van der Waals surface area contributed by atoms with Gasteiger partial charge >= 0.3 is 0 Å². The quantitative estimate of drug-likeness (QED) is 0.927.